The molecular weight excluding hydrogens is 354 g/mol. The van der Waals surface area contributed by atoms with Gasteiger partial charge in [0.05, 0.1) is 5.92 Å². The van der Waals surface area contributed by atoms with Crippen molar-refractivity contribution in [2.24, 2.45) is 5.92 Å². The highest BCUT2D eigenvalue weighted by Crippen LogP contribution is 2.31. The van der Waals surface area contributed by atoms with Crippen molar-refractivity contribution in [3.63, 3.8) is 0 Å². The van der Waals surface area contributed by atoms with Crippen molar-refractivity contribution in [2.45, 2.75) is 32.7 Å². The summed E-state index contributed by atoms with van der Waals surface area (Å²) in [6.07, 6.45) is 4.87. The van der Waals surface area contributed by atoms with E-state index < -0.39 is 0 Å². The number of thiophene rings is 1. The molecule has 0 saturated carbocycles. The van der Waals surface area contributed by atoms with Gasteiger partial charge >= 0.3 is 0 Å². The quantitative estimate of drug-likeness (QED) is 0.715. The van der Waals surface area contributed by atoms with Crippen molar-refractivity contribution in [3.05, 3.63) is 59.1 Å². The number of aryl methyl sites for hydroxylation is 1. The molecule has 1 N–H and O–H groups in total. The van der Waals surface area contributed by atoms with E-state index in [0.29, 0.717) is 6.54 Å². The first kappa shape index (κ1) is 18.0. The third-order valence-corrected chi connectivity index (χ3v) is 6.23. The highest BCUT2D eigenvalue weighted by molar-refractivity contribution is 7.17. The second-order valence-electron chi connectivity index (χ2n) is 7.14. The van der Waals surface area contributed by atoms with Crippen molar-refractivity contribution in [2.75, 3.05) is 18.0 Å². The maximum absolute atomic E-state index is 12.7. The van der Waals surface area contributed by atoms with Crippen LogP contribution in [0.1, 0.15) is 30.9 Å². The first-order chi connectivity index (χ1) is 13.2. The lowest BCUT2D eigenvalue weighted by Crippen LogP contribution is -2.43. The number of carbonyl (C=O) groups is 1. The van der Waals surface area contributed by atoms with Crippen LogP contribution in [0.25, 0.3) is 10.1 Å². The molecule has 1 fully saturated rings. The van der Waals surface area contributed by atoms with Crippen LogP contribution in [-0.2, 0) is 17.8 Å². The molecule has 0 aliphatic carbocycles. The lowest BCUT2D eigenvalue weighted by Gasteiger charge is -2.33. The van der Waals surface area contributed by atoms with Crippen LogP contribution in [-0.4, -0.2) is 24.0 Å². The number of amides is 1. The first-order valence-corrected chi connectivity index (χ1v) is 10.5. The van der Waals surface area contributed by atoms with Crippen LogP contribution in [0, 0.1) is 5.92 Å². The number of nitrogens with one attached hydrogen (secondary N) is 1. The first-order valence-electron chi connectivity index (χ1n) is 9.67. The van der Waals surface area contributed by atoms with Crippen LogP contribution < -0.4 is 10.2 Å². The van der Waals surface area contributed by atoms with E-state index in [2.05, 4.69) is 63.9 Å². The molecule has 1 atom stereocenters. The molecule has 0 radical (unpaired) electrons. The Kier molecular flexibility index (Phi) is 5.39. The fourth-order valence-corrected chi connectivity index (χ4v) is 4.52. The number of nitrogens with zero attached hydrogens (tertiary/aromatic N) is 2. The summed E-state index contributed by atoms with van der Waals surface area (Å²) in [5, 5.41) is 6.43. The van der Waals surface area contributed by atoms with Crippen molar-refractivity contribution in [1.82, 2.24) is 10.3 Å². The van der Waals surface area contributed by atoms with Gasteiger partial charge in [-0.3, -0.25) is 4.79 Å². The van der Waals surface area contributed by atoms with Gasteiger partial charge in [0, 0.05) is 35.9 Å². The Morgan fingerprint density at radius 2 is 2.04 bits per heavy atom. The molecule has 4 rings (SSSR count). The molecule has 4 nitrogen and oxygen atoms in total. The van der Waals surface area contributed by atoms with Crippen molar-refractivity contribution >= 4 is 33.1 Å². The molecule has 5 heteroatoms. The number of hydrogen-bond acceptors (Lipinski definition) is 4. The summed E-state index contributed by atoms with van der Waals surface area (Å²) in [5.41, 5.74) is 2.47. The van der Waals surface area contributed by atoms with E-state index in [1.165, 1.54) is 15.6 Å². The monoisotopic (exact) mass is 379 g/mol. The van der Waals surface area contributed by atoms with E-state index in [1.807, 2.05) is 6.20 Å². The molecule has 3 heterocycles. The molecule has 1 amide bonds. The minimum absolute atomic E-state index is 0.0179. The molecule has 1 saturated heterocycles. The number of anilines is 1. The van der Waals surface area contributed by atoms with Gasteiger partial charge in [-0.05, 0) is 47.9 Å². The third kappa shape index (κ3) is 3.98. The molecule has 27 heavy (non-hydrogen) atoms. The number of hydrogen-bond donors (Lipinski definition) is 1. The molecule has 3 aromatic rings. The summed E-state index contributed by atoms with van der Waals surface area (Å²) in [7, 11) is 0. The van der Waals surface area contributed by atoms with E-state index in [0.717, 1.165) is 43.7 Å². The topological polar surface area (TPSA) is 45.2 Å². The van der Waals surface area contributed by atoms with Crippen LogP contribution in [0.5, 0.6) is 0 Å². The summed E-state index contributed by atoms with van der Waals surface area (Å²) in [4.78, 5) is 19.6. The van der Waals surface area contributed by atoms with Crippen LogP contribution >= 0.6 is 11.3 Å². The van der Waals surface area contributed by atoms with E-state index in [4.69, 9.17) is 0 Å². The SMILES string of the molecule is CCc1ccc(CNC(=O)C2CCCN(c3nccc4sccc34)C2)cc1. The second kappa shape index (κ2) is 8.09. The number of fused-ring (bicyclic) bond motifs is 1. The Balaban J connectivity index is 1.40. The second-order valence-corrected chi connectivity index (χ2v) is 8.09. The fraction of sp³-hybridized carbons (Fsp3) is 0.364. The molecular formula is C22H25N3OS. The zero-order chi connectivity index (χ0) is 18.6. The maximum Gasteiger partial charge on any atom is 0.225 e. The Morgan fingerprint density at radius 1 is 1.22 bits per heavy atom. The van der Waals surface area contributed by atoms with Crippen LogP contribution in [0.15, 0.2) is 48.0 Å². The molecule has 0 bridgehead atoms. The molecule has 140 valence electrons. The zero-order valence-electron chi connectivity index (χ0n) is 15.6. The van der Waals surface area contributed by atoms with E-state index in [-0.39, 0.29) is 11.8 Å². The predicted molar refractivity (Wildman–Crippen MR) is 112 cm³/mol. The van der Waals surface area contributed by atoms with Gasteiger partial charge in [-0.15, -0.1) is 11.3 Å². The zero-order valence-corrected chi connectivity index (χ0v) is 16.5. The molecule has 1 unspecified atom stereocenters. The molecule has 2 aromatic heterocycles. The van der Waals surface area contributed by atoms with Crippen LogP contribution in [0.4, 0.5) is 5.82 Å². The van der Waals surface area contributed by atoms with Crippen LogP contribution in [0.2, 0.25) is 0 Å². The Morgan fingerprint density at radius 3 is 2.85 bits per heavy atom. The largest absolute Gasteiger partial charge is 0.355 e. The van der Waals surface area contributed by atoms with Gasteiger partial charge in [0.25, 0.3) is 0 Å². The van der Waals surface area contributed by atoms with E-state index in [9.17, 15) is 4.79 Å². The highest BCUT2D eigenvalue weighted by Gasteiger charge is 2.27. The van der Waals surface area contributed by atoms with E-state index in [1.54, 1.807) is 11.3 Å². The summed E-state index contributed by atoms with van der Waals surface area (Å²) in [6, 6.07) is 12.7. The number of benzene rings is 1. The Bertz CT molecular complexity index is 919. The van der Waals surface area contributed by atoms with Gasteiger partial charge in [0.2, 0.25) is 5.91 Å². The number of carbonyl (C=O) groups excluding carboxylic acids is 1. The molecule has 0 spiro atoms. The average Bonchev–Trinajstić information content (AvgIpc) is 3.21. The lowest BCUT2D eigenvalue weighted by molar-refractivity contribution is -0.125. The van der Waals surface area contributed by atoms with Crippen LogP contribution in [0.3, 0.4) is 0 Å². The predicted octanol–water partition coefficient (Wildman–Crippen LogP) is 4.39. The molecule has 1 aliphatic heterocycles. The van der Waals surface area contributed by atoms with Crippen molar-refractivity contribution < 1.29 is 4.79 Å². The summed E-state index contributed by atoms with van der Waals surface area (Å²) in [6.45, 7) is 4.45. The minimum atomic E-state index is 0.0179. The average molecular weight is 380 g/mol. The summed E-state index contributed by atoms with van der Waals surface area (Å²) in [5.74, 6) is 1.18. The Labute approximate surface area is 164 Å². The number of piperidine rings is 1. The van der Waals surface area contributed by atoms with E-state index >= 15 is 0 Å². The standard InChI is InChI=1S/C22H25N3OS/c1-2-16-5-7-17(8-6-16)14-24-22(26)18-4-3-12-25(15-18)21-19-10-13-27-20(19)9-11-23-21/h5-11,13,18H,2-4,12,14-15H2,1H3,(H,24,26). The number of aromatic nitrogens is 1. The highest BCUT2D eigenvalue weighted by atomic mass is 32.1. The lowest BCUT2D eigenvalue weighted by atomic mass is 9.96. The molecule has 1 aromatic carbocycles. The maximum atomic E-state index is 12.7. The fourth-order valence-electron chi connectivity index (χ4n) is 3.74. The van der Waals surface area contributed by atoms with Gasteiger partial charge in [-0.1, -0.05) is 31.2 Å². The normalized spacial score (nSPS) is 17.2. The van der Waals surface area contributed by atoms with Gasteiger partial charge in [0.1, 0.15) is 5.82 Å². The smallest absolute Gasteiger partial charge is 0.225 e. The van der Waals surface area contributed by atoms with Crippen molar-refractivity contribution in [1.29, 1.82) is 0 Å². The van der Waals surface area contributed by atoms with Crippen molar-refractivity contribution in [3.8, 4) is 0 Å². The number of pyridine rings is 1. The van der Waals surface area contributed by atoms with Gasteiger partial charge in [0.15, 0.2) is 0 Å². The summed E-state index contributed by atoms with van der Waals surface area (Å²) >= 11 is 1.73. The molecule has 1 aliphatic rings. The third-order valence-electron chi connectivity index (χ3n) is 5.35. The van der Waals surface area contributed by atoms with Gasteiger partial charge in [-0.2, -0.15) is 0 Å². The minimum Gasteiger partial charge on any atom is -0.355 e. The number of rotatable bonds is 5. The Hall–Kier alpha value is -2.40. The summed E-state index contributed by atoms with van der Waals surface area (Å²) < 4.78 is 1.25. The van der Waals surface area contributed by atoms with Gasteiger partial charge in [-0.25, -0.2) is 4.98 Å². The van der Waals surface area contributed by atoms with Gasteiger partial charge < -0.3 is 10.2 Å².